The van der Waals surface area contributed by atoms with Gasteiger partial charge in [0.15, 0.2) is 11.5 Å². The summed E-state index contributed by atoms with van der Waals surface area (Å²) in [5.41, 5.74) is 3.13. The Morgan fingerprint density at radius 2 is 1.96 bits per heavy atom. The fourth-order valence-electron chi connectivity index (χ4n) is 3.05. The molecule has 1 aromatic heterocycles. The molecular weight excluding hydrogens is 398 g/mol. The number of rotatable bonds is 3. The van der Waals surface area contributed by atoms with Gasteiger partial charge in [0.05, 0.1) is 11.3 Å². The smallest absolute Gasteiger partial charge is 0.260 e. The van der Waals surface area contributed by atoms with Gasteiger partial charge in [-0.05, 0) is 36.8 Å². The van der Waals surface area contributed by atoms with Crippen molar-refractivity contribution >= 4 is 27.7 Å². The number of hydrogen-bond acceptors (Lipinski definition) is 4. The number of carbonyl (C=O) groups is 1. The van der Waals surface area contributed by atoms with E-state index in [0.29, 0.717) is 22.9 Å². The highest BCUT2D eigenvalue weighted by Crippen LogP contribution is 2.37. The maximum Gasteiger partial charge on any atom is 0.260 e. The van der Waals surface area contributed by atoms with Crippen LogP contribution in [-0.4, -0.2) is 22.5 Å². The summed E-state index contributed by atoms with van der Waals surface area (Å²) >= 11 is 3.44. The number of para-hydroxylation sites is 1. The predicted octanol–water partition coefficient (Wildman–Crippen LogP) is 4.14. The van der Waals surface area contributed by atoms with Crippen LogP contribution in [0.25, 0.3) is 11.1 Å². The third-order valence-corrected chi connectivity index (χ3v) is 4.76. The van der Waals surface area contributed by atoms with Crippen molar-refractivity contribution in [3.05, 3.63) is 58.2 Å². The number of nitrogens with zero attached hydrogens (tertiary/aromatic N) is 2. The Morgan fingerprint density at radius 1 is 1.19 bits per heavy atom. The first-order chi connectivity index (χ1) is 12.5. The summed E-state index contributed by atoms with van der Waals surface area (Å²) < 4.78 is 13.5. The van der Waals surface area contributed by atoms with Crippen molar-refractivity contribution in [3.63, 3.8) is 0 Å². The van der Waals surface area contributed by atoms with Gasteiger partial charge in [-0.2, -0.15) is 5.10 Å². The Bertz CT molecular complexity index is 996. The zero-order chi connectivity index (χ0) is 18.3. The van der Waals surface area contributed by atoms with E-state index in [9.17, 15) is 4.79 Å². The number of benzene rings is 2. The monoisotopic (exact) mass is 413 g/mol. The fraction of sp³-hybridized carbons (Fsp3) is 0.158. The summed E-state index contributed by atoms with van der Waals surface area (Å²) in [6.45, 7) is 2.04. The number of aryl methyl sites for hydroxylation is 2. The van der Waals surface area contributed by atoms with Crippen molar-refractivity contribution in [1.82, 2.24) is 9.78 Å². The lowest BCUT2D eigenvalue weighted by Gasteiger charge is -2.10. The standard InChI is InChI=1S/C19H16BrN3O3/c1-11-16(12-6-8-13(20)9-7-12)18(23(2)22-11)21-19(24)14-4-3-5-15-17(14)26-10-25-15/h3-9H,10H2,1-2H3,(H,21,24). The van der Waals surface area contributed by atoms with Crippen LogP contribution in [0.5, 0.6) is 11.5 Å². The molecule has 0 unspecified atom stereocenters. The SMILES string of the molecule is Cc1nn(C)c(NC(=O)c2cccc3c2OCO3)c1-c1ccc(Br)cc1. The highest BCUT2D eigenvalue weighted by atomic mass is 79.9. The van der Waals surface area contributed by atoms with Crippen molar-refractivity contribution in [2.24, 2.45) is 7.05 Å². The van der Waals surface area contributed by atoms with Gasteiger partial charge in [0.2, 0.25) is 6.79 Å². The molecule has 0 saturated heterocycles. The lowest BCUT2D eigenvalue weighted by Crippen LogP contribution is -2.15. The zero-order valence-electron chi connectivity index (χ0n) is 14.2. The van der Waals surface area contributed by atoms with E-state index >= 15 is 0 Å². The molecule has 7 heteroatoms. The van der Waals surface area contributed by atoms with Gasteiger partial charge in [-0.15, -0.1) is 0 Å². The number of halogens is 1. The average Bonchev–Trinajstić information content (AvgIpc) is 3.20. The van der Waals surface area contributed by atoms with Gasteiger partial charge in [-0.25, -0.2) is 0 Å². The third-order valence-electron chi connectivity index (χ3n) is 4.23. The number of amides is 1. The van der Waals surface area contributed by atoms with Crippen molar-refractivity contribution in [3.8, 4) is 22.6 Å². The second-order valence-corrected chi connectivity index (χ2v) is 6.85. The molecule has 0 radical (unpaired) electrons. The summed E-state index contributed by atoms with van der Waals surface area (Å²) in [7, 11) is 1.81. The van der Waals surface area contributed by atoms with Crippen LogP contribution >= 0.6 is 15.9 Å². The van der Waals surface area contributed by atoms with Gasteiger partial charge in [-0.3, -0.25) is 9.48 Å². The molecule has 132 valence electrons. The number of fused-ring (bicyclic) bond motifs is 1. The molecule has 1 amide bonds. The lowest BCUT2D eigenvalue weighted by atomic mass is 10.1. The van der Waals surface area contributed by atoms with Gasteiger partial charge in [0, 0.05) is 17.1 Å². The molecule has 1 aliphatic rings. The number of anilines is 1. The van der Waals surface area contributed by atoms with E-state index in [1.165, 1.54) is 0 Å². The molecular formula is C19H16BrN3O3. The molecule has 4 rings (SSSR count). The summed E-state index contributed by atoms with van der Waals surface area (Å²) in [5, 5.41) is 7.44. The number of aromatic nitrogens is 2. The van der Waals surface area contributed by atoms with E-state index in [0.717, 1.165) is 21.3 Å². The van der Waals surface area contributed by atoms with Gasteiger partial charge in [-0.1, -0.05) is 34.1 Å². The summed E-state index contributed by atoms with van der Waals surface area (Å²) in [5.74, 6) is 1.40. The summed E-state index contributed by atoms with van der Waals surface area (Å²) in [6.07, 6.45) is 0. The van der Waals surface area contributed by atoms with Crippen LogP contribution in [-0.2, 0) is 7.05 Å². The quantitative estimate of drug-likeness (QED) is 0.700. The minimum Gasteiger partial charge on any atom is -0.454 e. The molecule has 2 heterocycles. The van der Waals surface area contributed by atoms with Gasteiger partial charge in [0.25, 0.3) is 5.91 Å². The second kappa shape index (κ2) is 6.49. The first-order valence-electron chi connectivity index (χ1n) is 8.04. The predicted molar refractivity (Wildman–Crippen MR) is 102 cm³/mol. The minimum absolute atomic E-state index is 0.120. The highest BCUT2D eigenvalue weighted by Gasteiger charge is 2.24. The molecule has 1 aliphatic heterocycles. The number of carbonyl (C=O) groups excluding carboxylic acids is 1. The lowest BCUT2D eigenvalue weighted by molar-refractivity contribution is 0.102. The van der Waals surface area contributed by atoms with Gasteiger partial charge >= 0.3 is 0 Å². The average molecular weight is 414 g/mol. The zero-order valence-corrected chi connectivity index (χ0v) is 15.8. The van der Waals surface area contributed by atoms with Crippen molar-refractivity contribution in [2.75, 3.05) is 12.1 Å². The molecule has 0 aliphatic carbocycles. The Labute approximate surface area is 158 Å². The minimum atomic E-state index is -0.270. The highest BCUT2D eigenvalue weighted by molar-refractivity contribution is 9.10. The van der Waals surface area contributed by atoms with Crippen LogP contribution in [0.2, 0.25) is 0 Å². The molecule has 2 aromatic carbocycles. The molecule has 0 fully saturated rings. The van der Waals surface area contributed by atoms with Crippen LogP contribution in [0.15, 0.2) is 46.9 Å². The summed E-state index contributed by atoms with van der Waals surface area (Å²) in [6, 6.07) is 13.2. The Hall–Kier alpha value is -2.80. The maximum atomic E-state index is 12.9. The number of hydrogen-bond donors (Lipinski definition) is 1. The normalized spacial score (nSPS) is 12.3. The molecule has 0 atom stereocenters. The molecule has 6 nitrogen and oxygen atoms in total. The van der Waals surface area contributed by atoms with Crippen LogP contribution < -0.4 is 14.8 Å². The van der Waals surface area contributed by atoms with E-state index in [-0.39, 0.29) is 12.7 Å². The van der Waals surface area contributed by atoms with Crippen molar-refractivity contribution < 1.29 is 14.3 Å². The first-order valence-corrected chi connectivity index (χ1v) is 8.83. The number of ether oxygens (including phenoxy) is 2. The van der Waals surface area contributed by atoms with Gasteiger partial charge in [0.1, 0.15) is 5.82 Å². The Kier molecular flexibility index (Phi) is 4.16. The topological polar surface area (TPSA) is 65.4 Å². The Morgan fingerprint density at radius 3 is 2.73 bits per heavy atom. The number of nitrogens with one attached hydrogen (secondary N) is 1. The second-order valence-electron chi connectivity index (χ2n) is 5.93. The van der Waals surface area contributed by atoms with Gasteiger partial charge < -0.3 is 14.8 Å². The molecule has 0 spiro atoms. The fourth-order valence-corrected chi connectivity index (χ4v) is 3.31. The van der Waals surface area contributed by atoms with Crippen LogP contribution in [0.1, 0.15) is 16.1 Å². The molecule has 0 bridgehead atoms. The van der Waals surface area contributed by atoms with Crippen molar-refractivity contribution in [1.29, 1.82) is 0 Å². The molecule has 1 N–H and O–H groups in total. The van der Waals surface area contributed by atoms with E-state index in [2.05, 4.69) is 26.3 Å². The van der Waals surface area contributed by atoms with E-state index in [1.807, 2.05) is 31.2 Å². The Balaban J connectivity index is 1.72. The van der Waals surface area contributed by atoms with Crippen LogP contribution in [0, 0.1) is 6.92 Å². The van der Waals surface area contributed by atoms with E-state index < -0.39 is 0 Å². The van der Waals surface area contributed by atoms with E-state index in [1.54, 1.807) is 29.9 Å². The molecule has 3 aromatic rings. The first kappa shape index (κ1) is 16.7. The maximum absolute atomic E-state index is 12.9. The van der Waals surface area contributed by atoms with Crippen molar-refractivity contribution in [2.45, 2.75) is 6.92 Å². The molecule has 0 saturated carbocycles. The van der Waals surface area contributed by atoms with Crippen LogP contribution in [0.3, 0.4) is 0 Å². The van der Waals surface area contributed by atoms with Crippen LogP contribution in [0.4, 0.5) is 5.82 Å². The third kappa shape index (κ3) is 2.84. The van der Waals surface area contributed by atoms with E-state index in [4.69, 9.17) is 9.47 Å². The summed E-state index contributed by atoms with van der Waals surface area (Å²) in [4.78, 5) is 12.9. The molecule has 26 heavy (non-hydrogen) atoms. The largest absolute Gasteiger partial charge is 0.454 e.